The Morgan fingerprint density at radius 1 is 1.43 bits per heavy atom. The second-order valence-corrected chi connectivity index (χ2v) is 6.11. The number of carbonyl (C=O) groups is 1. The minimum Gasteiger partial charge on any atom is -0.378 e. The van der Waals surface area contributed by atoms with Gasteiger partial charge in [0.05, 0.1) is 18.1 Å². The van der Waals surface area contributed by atoms with Gasteiger partial charge in [-0.2, -0.15) is 0 Å². The third-order valence-electron chi connectivity index (χ3n) is 3.67. The minimum atomic E-state index is 0.147. The number of hydrogen-bond donors (Lipinski definition) is 0. The highest BCUT2D eigenvalue weighted by Crippen LogP contribution is 2.19. The van der Waals surface area contributed by atoms with Crippen LogP contribution in [0.2, 0.25) is 0 Å². The Balaban J connectivity index is 1.65. The number of thiophene rings is 1. The van der Waals surface area contributed by atoms with E-state index in [0.717, 1.165) is 24.6 Å². The molecule has 0 radical (unpaired) electrons. The van der Waals surface area contributed by atoms with Crippen LogP contribution >= 0.6 is 11.3 Å². The van der Waals surface area contributed by atoms with Gasteiger partial charge in [-0.25, -0.2) is 0 Å². The van der Waals surface area contributed by atoms with Gasteiger partial charge in [0.1, 0.15) is 0 Å². The fourth-order valence-corrected chi connectivity index (χ4v) is 3.24. The van der Waals surface area contributed by atoms with E-state index >= 15 is 0 Å². The van der Waals surface area contributed by atoms with Gasteiger partial charge in [-0.3, -0.25) is 14.7 Å². The van der Waals surface area contributed by atoms with Crippen LogP contribution in [0, 0.1) is 0 Å². The summed E-state index contributed by atoms with van der Waals surface area (Å²) in [6.45, 7) is 3.03. The van der Waals surface area contributed by atoms with Crippen molar-refractivity contribution < 1.29 is 9.53 Å². The summed E-state index contributed by atoms with van der Waals surface area (Å²) in [7, 11) is 0. The number of rotatable bonds is 5. The zero-order valence-corrected chi connectivity index (χ0v) is 12.6. The topological polar surface area (TPSA) is 42.4 Å². The summed E-state index contributed by atoms with van der Waals surface area (Å²) in [6, 6.07) is 7.97. The van der Waals surface area contributed by atoms with Gasteiger partial charge >= 0.3 is 0 Å². The van der Waals surface area contributed by atoms with Gasteiger partial charge < -0.3 is 4.74 Å². The molecule has 0 N–H and O–H groups in total. The van der Waals surface area contributed by atoms with Crippen molar-refractivity contribution in [3.05, 3.63) is 52.5 Å². The van der Waals surface area contributed by atoms with Crippen molar-refractivity contribution in [2.45, 2.75) is 19.0 Å². The molecule has 21 heavy (non-hydrogen) atoms. The van der Waals surface area contributed by atoms with E-state index in [4.69, 9.17) is 4.74 Å². The molecule has 2 aromatic rings. The second-order valence-electron chi connectivity index (χ2n) is 5.17. The van der Waals surface area contributed by atoms with Crippen LogP contribution in [0.4, 0.5) is 0 Å². The van der Waals surface area contributed by atoms with Gasteiger partial charge in [0.2, 0.25) is 0 Å². The number of Topliss-reactive ketones (excluding diaryl/α,β-unsaturated/α-hetero) is 1. The Hall–Kier alpha value is -1.56. The Bertz CT molecular complexity index is 571. The van der Waals surface area contributed by atoms with Gasteiger partial charge in [-0.1, -0.05) is 12.1 Å². The molecule has 0 bridgehead atoms. The third kappa shape index (κ3) is 3.75. The van der Waals surface area contributed by atoms with Crippen molar-refractivity contribution in [3.63, 3.8) is 0 Å². The molecular formula is C16H18N2O2S. The van der Waals surface area contributed by atoms with Crippen molar-refractivity contribution in [2.24, 2.45) is 0 Å². The van der Waals surface area contributed by atoms with Gasteiger partial charge in [0, 0.05) is 37.9 Å². The monoisotopic (exact) mass is 302 g/mol. The number of aromatic nitrogens is 1. The zero-order chi connectivity index (χ0) is 14.5. The highest BCUT2D eigenvalue weighted by atomic mass is 32.1. The molecule has 0 unspecified atom stereocenters. The van der Waals surface area contributed by atoms with Crippen LogP contribution < -0.4 is 0 Å². The van der Waals surface area contributed by atoms with E-state index in [0.29, 0.717) is 13.0 Å². The highest BCUT2D eigenvalue weighted by molar-refractivity contribution is 7.12. The fourth-order valence-electron chi connectivity index (χ4n) is 2.56. The van der Waals surface area contributed by atoms with Crippen LogP contribution in [-0.4, -0.2) is 41.5 Å². The highest BCUT2D eigenvalue weighted by Gasteiger charge is 2.26. The summed E-state index contributed by atoms with van der Waals surface area (Å²) in [5.41, 5.74) is 1.17. The van der Waals surface area contributed by atoms with E-state index in [1.807, 2.05) is 29.8 Å². The molecule has 1 fully saturated rings. The molecule has 4 nitrogen and oxygen atoms in total. The SMILES string of the molecule is O=C(C[C@@H]1COCCN1Cc1cccnc1)c1cccs1. The molecule has 110 valence electrons. The predicted octanol–water partition coefficient (Wildman–Crippen LogP) is 2.62. The quantitative estimate of drug-likeness (QED) is 0.796. The largest absolute Gasteiger partial charge is 0.378 e. The summed E-state index contributed by atoms with van der Waals surface area (Å²) in [6.07, 6.45) is 4.18. The molecule has 0 aromatic carbocycles. The lowest BCUT2D eigenvalue weighted by Gasteiger charge is -2.35. The molecule has 1 saturated heterocycles. The van der Waals surface area contributed by atoms with Gasteiger partial charge in [0.15, 0.2) is 5.78 Å². The Morgan fingerprint density at radius 3 is 3.14 bits per heavy atom. The first-order chi connectivity index (χ1) is 10.3. The van der Waals surface area contributed by atoms with Gasteiger partial charge in [-0.05, 0) is 23.1 Å². The molecule has 1 aliphatic heterocycles. The zero-order valence-electron chi connectivity index (χ0n) is 11.8. The number of morpholine rings is 1. The minimum absolute atomic E-state index is 0.147. The van der Waals surface area contributed by atoms with Crippen LogP contribution in [0.1, 0.15) is 21.7 Å². The number of ether oxygens (including phenoxy) is 1. The normalized spacial score (nSPS) is 19.5. The Labute approximate surface area is 128 Å². The average molecular weight is 302 g/mol. The summed E-state index contributed by atoms with van der Waals surface area (Å²) < 4.78 is 5.56. The lowest BCUT2D eigenvalue weighted by atomic mass is 10.1. The second kappa shape index (κ2) is 6.93. The summed E-state index contributed by atoms with van der Waals surface area (Å²) in [5, 5.41) is 1.94. The molecule has 5 heteroatoms. The third-order valence-corrected chi connectivity index (χ3v) is 4.59. The number of hydrogen-bond acceptors (Lipinski definition) is 5. The molecule has 0 spiro atoms. The molecule has 3 heterocycles. The van der Waals surface area contributed by atoms with E-state index < -0.39 is 0 Å². The van der Waals surface area contributed by atoms with E-state index in [2.05, 4.69) is 16.0 Å². The Morgan fingerprint density at radius 2 is 2.38 bits per heavy atom. The maximum atomic E-state index is 12.3. The van der Waals surface area contributed by atoms with Crippen LogP contribution in [0.15, 0.2) is 42.0 Å². The maximum absolute atomic E-state index is 12.3. The van der Waals surface area contributed by atoms with Gasteiger partial charge in [0.25, 0.3) is 0 Å². The van der Waals surface area contributed by atoms with Crippen LogP contribution in [0.3, 0.4) is 0 Å². The summed E-state index contributed by atoms with van der Waals surface area (Å²) in [4.78, 5) is 19.6. The van der Waals surface area contributed by atoms with Crippen molar-refractivity contribution >= 4 is 17.1 Å². The van der Waals surface area contributed by atoms with Crippen LogP contribution in [0.5, 0.6) is 0 Å². The average Bonchev–Trinajstić information content (AvgIpc) is 3.05. The van der Waals surface area contributed by atoms with E-state index in [-0.39, 0.29) is 11.8 Å². The molecule has 3 rings (SSSR count). The smallest absolute Gasteiger partial charge is 0.174 e. The summed E-state index contributed by atoms with van der Waals surface area (Å²) >= 11 is 1.51. The number of carbonyl (C=O) groups excluding carboxylic acids is 1. The maximum Gasteiger partial charge on any atom is 0.174 e. The van der Waals surface area contributed by atoms with E-state index in [1.54, 1.807) is 6.20 Å². The van der Waals surface area contributed by atoms with Gasteiger partial charge in [-0.15, -0.1) is 11.3 Å². The van der Waals surface area contributed by atoms with Crippen LogP contribution in [0.25, 0.3) is 0 Å². The molecule has 1 atom stereocenters. The molecule has 1 aliphatic rings. The number of ketones is 1. The van der Waals surface area contributed by atoms with Crippen molar-refractivity contribution in [3.8, 4) is 0 Å². The lowest BCUT2D eigenvalue weighted by Crippen LogP contribution is -2.45. The van der Waals surface area contributed by atoms with Crippen molar-refractivity contribution in [2.75, 3.05) is 19.8 Å². The molecular weight excluding hydrogens is 284 g/mol. The standard InChI is InChI=1S/C16H18N2O2S/c19-15(16-4-2-8-21-16)9-14-12-20-7-6-18(14)11-13-3-1-5-17-10-13/h1-5,8,10,14H,6-7,9,11-12H2/t14-/m1/s1. The Kier molecular flexibility index (Phi) is 4.75. The van der Waals surface area contributed by atoms with Crippen molar-refractivity contribution in [1.29, 1.82) is 0 Å². The molecule has 2 aromatic heterocycles. The summed E-state index contributed by atoms with van der Waals surface area (Å²) in [5.74, 6) is 0.205. The predicted molar refractivity (Wildman–Crippen MR) is 82.5 cm³/mol. The van der Waals surface area contributed by atoms with Crippen molar-refractivity contribution in [1.82, 2.24) is 9.88 Å². The fraction of sp³-hybridized carbons (Fsp3) is 0.375. The first-order valence-electron chi connectivity index (χ1n) is 7.10. The van der Waals surface area contributed by atoms with E-state index in [9.17, 15) is 4.79 Å². The number of nitrogens with zero attached hydrogens (tertiary/aromatic N) is 2. The lowest BCUT2D eigenvalue weighted by molar-refractivity contribution is -0.0125. The first kappa shape index (κ1) is 14.4. The molecule has 0 saturated carbocycles. The first-order valence-corrected chi connectivity index (χ1v) is 7.98. The molecule has 0 aliphatic carbocycles. The number of pyridine rings is 1. The van der Waals surface area contributed by atoms with E-state index in [1.165, 1.54) is 16.9 Å². The van der Waals surface area contributed by atoms with Crippen LogP contribution in [-0.2, 0) is 11.3 Å². The molecule has 0 amide bonds.